The summed E-state index contributed by atoms with van der Waals surface area (Å²) in [5.74, 6) is 0. The van der Waals surface area contributed by atoms with Crippen LogP contribution in [0.15, 0.2) is 36.4 Å². The fourth-order valence-electron chi connectivity index (χ4n) is 2.64. The summed E-state index contributed by atoms with van der Waals surface area (Å²) >= 11 is 0. The number of nitrogens with zero attached hydrogens (tertiary/aromatic N) is 2. The molecule has 1 aromatic heterocycles. The summed E-state index contributed by atoms with van der Waals surface area (Å²) in [5.41, 5.74) is 2.27. The molecule has 2 aromatic rings. The number of nitrogens with one attached hydrogen (secondary N) is 1. The molecular formula is C15H21Cl2N3. The molecule has 1 unspecified atom stereocenters. The van der Waals surface area contributed by atoms with Crippen molar-refractivity contribution < 1.29 is 0 Å². The molecule has 0 amide bonds. The van der Waals surface area contributed by atoms with Crippen molar-refractivity contribution in [3.05, 3.63) is 42.1 Å². The molecule has 3 nitrogen and oxygen atoms in total. The van der Waals surface area contributed by atoms with Crippen LogP contribution in [-0.4, -0.2) is 36.1 Å². The minimum absolute atomic E-state index is 0. The Bertz CT molecular complexity index is 547. The van der Waals surface area contributed by atoms with Crippen molar-refractivity contribution in [3.8, 4) is 0 Å². The molecule has 1 aromatic carbocycles. The number of para-hydroxylation sites is 1. The molecule has 1 aliphatic heterocycles. The van der Waals surface area contributed by atoms with Gasteiger partial charge in [0, 0.05) is 31.1 Å². The fourth-order valence-corrected chi connectivity index (χ4v) is 2.64. The number of rotatable bonds is 3. The van der Waals surface area contributed by atoms with Gasteiger partial charge < -0.3 is 5.32 Å². The number of pyridine rings is 1. The van der Waals surface area contributed by atoms with Gasteiger partial charge in [0.25, 0.3) is 0 Å². The third-order valence-electron chi connectivity index (χ3n) is 3.72. The normalized spacial score (nSPS) is 18.6. The SMILES string of the molecule is CNC1CCN(Cc2ccc3ccccc3n2)C1.Cl.Cl. The second kappa shape index (κ2) is 7.79. The van der Waals surface area contributed by atoms with E-state index in [1.165, 1.54) is 24.0 Å². The van der Waals surface area contributed by atoms with Crippen molar-refractivity contribution in [2.24, 2.45) is 0 Å². The minimum Gasteiger partial charge on any atom is -0.316 e. The van der Waals surface area contributed by atoms with E-state index in [0.717, 1.165) is 18.6 Å². The Labute approximate surface area is 132 Å². The molecule has 1 aliphatic rings. The standard InChI is InChI=1S/C15H19N3.2ClH/c1-16-13-8-9-18(10-13)11-14-7-6-12-4-2-3-5-15(12)17-14;;/h2-7,13,16H,8-11H2,1H3;2*1H. The highest BCUT2D eigenvalue weighted by Crippen LogP contribution is 2.15. The van der Waals surface area contributed by atoms with Gasteiger partial charge in [0.05, 0.1) is 11.2 Å². The molecule has 110 valence electrons. The third kappa shape index (κ3) is 3.83. The van der Waals surface area contributed by atoms with Gasteiger partial charge >= 0.3 is 0 Å². The Kier molecular flexibility index (Phi) is 6.69. The Morgan fingerprint density at radius 3 is 2.75 bits per heavy atom. The zero-order valence-corrected chi connectivity index (χ0v) is 13.2. The van der Waals surface area contributed by atoms with Crippen LogP contribution in [0.3, 0.4) is 0 Å². The van der Waals surface area contributed by atoms with E-state index in [4.69, 9.17) is 4.98 Å². The average Bonchev–Trinajstić information content (AvgIpc) is 2.86. The second-order valence-electron chi connectivity index (χ2n) is 5.00. The lowest BCUT2D eigenvalue weighted by Gasteiger charge is -2.15. The summed E-state index contributed by atoms with van der Waals surface area (Å²) in [7, 11) is 2.04. The van der Waals surface area contributed by atoms with Crippen LogP contribution in [0.5, 0.6) is 0 Å². The number of aromatic nitrogens is 1. The Balaban J connectivity index is 0.000001000. The maximum absolute atomic E-state index is 4.73. The molecular weight excluding hydrogens is 293 g/mol. The monoisotopic (exact) mass is 313 g/mol. The van der Waals surface area contributed by atoms with Crippen LogP contribution in [0.2, 0.25) is 0 Å². The molecule has 0 aliphatic carbocycles. The number of likely N-dealkylation sites (N-methyl/N-ethyl adjacent to an activating group) is 1. The summed E-state index contributed by atoms with van der Waals surface area (Å²) in [6, 6.07) is 13.3. The number of halogens is 2. The molecule has 0 spiro atoms. The van der Waals surface area contributed by atoms with E-state index in [2.05, 4.69) is 40.5 Å². The van der Waals surface area contributed by atoms with Crippen LogP contribution in [0, 0.1) is 0 Å². The molecule has 1 fully saturated rings. The summed E-state index contributed by atoms with van der Waals surface area (Å²) in [6.07, 6.45) is 1.24. The van der Waals surface area contributed by atoms with E-state index in [1.807, 2.05) is 13.1 Å². The van der Waals surface area contributed by atoms with Crippen molar-refractivity contribution in [2.45, 2.75) is 19.0 Å². The van der Waals surface area contributed by atoms with Gasteiger partial charge in [-0.05, 0) is 25.6 Å². The highest BCUT2D eigenvalue weighted by molar-refractivity contribution is 5.85. The van der Waals surface area contributed by atoms with Crippen molar-refractivity contribution in [3.63, 3.8) is 0 Å². The molecule has 20 heavy (non-hydrogen) atoms. The zero-order chi connectivity index (χ0) is 12.4. The molecule has 1 N–H and O–H groups in total. The first-order valence-electron chi connectivity index (χ1n) is 6.59. The van der Waals surface area contributed by atoms with E-state index >= 15 is 0 Å². The van der Waals surface area contributed by atoms with Crippen LogP contribution in [0.4, 0.5) is 0 Å². The number of fused-ring (bicyclic) bond motifs is 1. The quantitative estimate of drug-likeness (QED) is 0.944. The van der Waals surface area contributed by atoms with Crippen molar-refractivity contribution in [1.82, 2.24) is 15.2 Å². The van der Waals surface area contributed by atoms with Crippen LogP contribution in [-0.2, 0) is 6.54 Å². The van der Waals surface area contributed by atoms with E-state index in [0.29, 0.717) is 6.04 Å². The first-order valence-corrected chi connectivity index (χ1v) is 6.59. The number of benzene rings is 1. The zero-order valence-electron chi connectivity index (χ0n) is 11.6. The summed E-state index contributed by atoms with van der Waals surface area (Å²) in [4.78, 5) is 7.20. The van der Waals surface area contributed by atoms with Gasteiger partial charge in [-0.3, -0.25) is 9.88 Å². The Morgan fingerprint density at radius 1 is 1.20 bits per heavy atom. The molecule has 0 saturated carbocycles. The number of hydrogen-bond donors (Lipinski definition) is 1. The highest BCUT2D eigenvalue weighted by atomic mass is 35.5. The fraction of sp³-hybridized carbons (Fsp3) is 0.400. The lowest BCUT2D eigenvalue weighted by atomic mass is 10.2. The highest BCUT2D eigenvalue weighted by Gasteiger charge is 2.20. The van der Waals surface area contributed by atoms with E-state index in [-0.39, 0.29) is 24.8 Å². The van der Waals surface area contributed by atoms with E-state index < -0.39 is 0 Å². The van der Waals surface area contributed by atoms with Crippen LogP contribution in [0.25, 0.3) is 10.9 Å². The molecule has 5 heteroatoms. The minimum atomic E-state index is 0. The molecule has 1 saturated heterocycles. The van der Waals surface area contributed by atoms with Gasteiger partial charge in [0.15, 0.2) is 0 Å². The van der Waals surface area contributed by atoms with Crippen LogP contribution in [0.1, 0.15) is 12.1 Å². The lowest BCUT2D eigenvalue weighted by Crippen LogP contribution is -2.29. The van der Waals surface area contributed by atoms with Gasteiger partial charge in [-0.25, -0.2) is 0 Å². The van der Waals surface area contributed by atoms with Crippen LogP contribution >= 0.6 is 24.8 Å². The first-order chi connectivity index (χ1) is 8.85. The predicted molar refractivity (Wildman–Crippen MR) is 89.0 cm³/mol. The topological polar surface area (TPSA) is 28.2 Å². The molecule has 3 rings (SSSR count). The second-order valence-corrected chi connectivity index (χ2v) is 5.00. The number of likely N-dealkylation sites (tertiary alicyclic amines) is 1. The van der Waals surface area contributed by atoms with Gasteiger partial charge in [-0.2, -0.15) is 0 Å². The van der Waals surface area contributed by atoms with Crippen molar-refractivity contribution >= 4 is 35.7 Å². The average molecular weight is 314 g/mol. The third-order valence-corrected chi connectivity index (χ3v) is 3.72. The van der Waals surface area contributed by atoms with Gasteiger partial charge in [-0.15, -0.1) is 24.8 Å². The Hall–Kier alpha value is -0.870. The maximum Gasteiger partial charge on any atom is 0.0705 e. The maximum atomic E-state index is 4.73. The van der Waals surface area contributed by atoms with Crippen molar-refractivity contribution in [1.29, 1.82) is 0 Å². The molecule has 1 atom stereocenters. The first kappa shape index (κ1) is 17.2. The van der Waals surface area contributed by atoms with Crippen molar-refractivity contribution in [2.75, 3.05) is 20.1 Å². The van der Waals surface area contributed by atoms with Crippen LogP contribution < -0.4 is 5.32 Å². The van der Waals surface area contributed by atoms with Gasteiger partial charge in [0.2, 0.25) is 0 Å². The van der Waals surface area contributed by atoms with E-state index in [1.54, 1.807) is 0 Å². The molecule has 0 radical (unpaired) electrons. The molecule has 2 heterocycles. The van der Waals surface area contributed by atoms with E-state index in [9.17, 15) is 0 Å². The van der Waals surface area contributed by atoms with Gasteiger partial charge in [0.1, 0.15) is 0 Å². The summed E-state index contributed by atoms with van der Waals surface area (Å²) in [5, 5.41) is 4.57. The molecule has 0 bridgehead atoms. The summed E-state index contributed by atoms with van der Waals surface area (Å²) < 4.78 is 0. The largest absolute Gasteiger partial charge is 0.316 e. The Morgan fingerprint density at radius 2 is 2.00 bits per heavy atom. The summed E-state index contributed by atoms with van der Waals surface area (Å²) in [6.45, 7) is 3.26. The predicted octanol–water partition coefficient (Wildman–Crippen LogP) is 2.87. The lowest BCUT2D eigenvalue weighted by molar-refractivity contribution is 0.319. The number of hydrogen-bond acceptors (Lipinski definition) is 3. The van der Waals surface area contributed by atoms with Gasteiger partial charge in [-0.1, -0.05) is 24.3 Å². The smallest absolute Gasteiger partial charge is 0.0705 e.